The minimum Gasteiger partial charge on any atom is -0.461 e. The highest BCUT2D eigenvalue weighted by Gasteiger charge is 2.09. The van der Waals surface area contributed by atoms with Crippen molar-refractivity contribution in [3.8, 4) is 0 Å². The van der Waals surface area contributed by atoms with Gasteiger partial charge in [-0.15, -0.1) is 0 Å². The van der Waals surface area contributed by atoms with Crippen molar-refractivity contribution in [2.24, 2.45) is 0 Å². The minimum atomic E-state index is -0.197. The number of rotatable bonds is 8. The van der Waals surface area contributed by atoms with E-state index in [9.17, 15) is 9.59 Å². The zero-order valence-electron chi connectivity index (χ0n) is 10.2. The summed E-state index contributed by atoms with van der Waals surface area (Å²) in [5.41, 5.74) is 0. The Balaban J connectivity index is 2.13. The van der Waals surface area contributed by atoms with E-state index >= 15 is 0 Å². The first kappa shape index (κ1) is 13.5. The molecule has 0 spiro atoms. The van der Waals surface area contributed by atoms with Gasteiger partial charge < -0.3 is 9.73 Å². The first-order chi connectivity index (χ1) is 8.24. The van der Waals surface area contributed by atoms with Crippen molar-refractivity contribution in [1.82, 2.24) is 5.32 Å². The van der Waals surface area contributed by atoms with Gasteiger partial charge in [0.15, 0.2) is 5.76 Å². The lowest BCUT2D eigenvalue weighted by Crippen LogP contribution is -2.29. The van der Waals surface area contributed by atoms with Crippen LogP contribution >= 0.6 is 0 Å². The first-order valence-electron chi connectivity index (χ1n) is 6.07. The fraction of sp³-hybridized carbons (Fsp3) is 0.538. The van der Waals surface area contributed by atoms with E-state index in [1.54, 1.807) is 12.1 Å². The van der Waals surface area contributed by atoms with Gasteiger partial charge in [-0.05, 0) is 18.6 Å². The van der Waals surface area contributed by atoms with Crippen LogP contribution in [-0.4, -0.2) is 18.2 Å². The topological polar surface area (TPSA) is 59.3 Å². The average molecular weight is 237 g/mol. The number of ketones is 1. The van der Waals surface area contributed by atoms with E-state index in [0.717, 1.165) is 25.7 Å². The van der Waals surface area contributed by atoms with Gasteiger partial charge in [-0.2, -0.15) is 0 Å². The Morgan fingerprint density at radius 1 is 1.29 bits per heavy atom. The molecule has 0 aliphatic heterocycles. The molecule has 1 amide bonds. The number of hydrogen-bond acceptors (Lipinski definition) is 3. The predicted molar refractivity (Wildman–Crippen MR) is 64.8 cm³/mol. The lowest BCUT2D eigenvalue weighted by atomic mass is 10.1. The fourth-order valence-electron chi connectivity index (χ4n) is 1.50. The third-order valence-corrected chi connectivity index (χ3v) is 2.50. The Bertz CT molecular complexity index is 344. The van der Waals surface area contributed by atoms with Crippen molar-refractivity contribution in [2.45, 2.75) is 39.0 Å². The Labute approximate surface area is 101 Å². The maximum atomic E-state index is 11.5. The second-order valence-corrected chi connectivity index (χ2v) is 3.99. The number of amides is 1. The molecule has 1 aromatic rings. The summed E-state index contributed by atoms with van der Waals surface area (Å²) in [4.78, 5) is 22.9. The summed E-state index contributed by atoms with van der Waals surface area (Å²) >= 11 is 0. The van der Waals surface area contributed by atoms with Gasteiger partial charge in [0.2, 0.25) is 11.7 Å². The van der Waals surface area contributed by atoms with Crippen LogP contribution in [0.25, 0.3) is 0 Å². The molecule has 94 valence electrons. The summed E-state index contributed by atoms with van der Waals surface area (Å²) < 4.78 is 4.94. The van der Waals surface area contributed by atoms with Crippen LogP contribution in [0.4, 0.5) is 0 Å². The zero-order chi connectivity index (χ0) is 12.5. The molecule has 4 nitrogen and oxygen atoms in total. The number of carbonyl (C=O) groups excluding carboxylic acids is 2. The second kappa shape index (κ2) is 7.65. The van der Waals surface area contributed by atoms with Crippen molar-refractivity contribution >= 4 is 11.7 Å². The van der Waals surface area contributed by atoms with Crippen LogP contribution in [-0.2, 0) is 4.79 Å². The molecule has 0 bridgehead atoms. The van der Waals surface area contributed by atoms with Crippen molar-refractivity contribution < 1.29 is 14.0 Å². The number of unbranched alkanes of at least 4 members (excludes halogenated alkanes) is 3. The molecule has 1 N–H and O–H groups in total. The van der Waals surface area contributed by atoms with Crippen LogP contribution in [0.5, 0.6) is 0 Å². The molecular formula is C13H19NO3. The number of carbonyl (C=O) groups is 2. The van der Waals surface area contributed by atoms with Gasteiger partial charge in [-0.3, -0.25) is 9.59 Å². The lowest BCUT2D eigenvalue weighted by Gasteiger charge is -2.03. The molecule has 0 atom stereocenters. The molecule has 0 aliphatic carbocycles. The Kier molecular flexibility index (Phi) is 6.07. The van der Waals surface area contributed by atoms with E-state index in [2.05, 4.69) is 12.2 Å². The molecule has 4 heteroatoms. The number of nitrogens with one attached hydrogen (secondary N) is 1. The maximum Gasteiger partial charge on any atom is 0.220 e. The SMILES string of the molecule is CCCCCCC(=O)NCC(=O)c1ccco1. The summed E-state index contributed by atoms with van der Waals surface area (Å²) in [6.45, 7) is 2.14. The summed E-state index contributed by atoms with van der Waals surface area (Å²) in [6, 6.07) is 3.25. The zero-order valence-corrected chi connectivity index (χ0v) is 10.2. The molecule has 1 heterocycles. The monoisotopic (exact) mass is 237 g/mol. The van der Waals surface area contributed by atoms with Gasteiger partial charge in [0.05, 0.1) is 12.8 Å². The highest BCUT2D eigenvalue weighted by Crippen LogP contribution is 2.03. The third-order valence-electron chi connectivity index (χ3n) is 2.50. The molecule has 0 saturated carbocycles. The Hall–Kier alpha value is -1.58. The molecule has 0 saturated heterocycles. The molecule has 1 aromatic heterocycles. The molecule has 0 aromatic carbocycles. The summed E-state index contributed by atoms with van der Waals surface area (Å²) in [5.74, 6) is 0.0224. The van der Waals surface area contributed by atoms with Crippen molar-refractivity contribution in [3.63, 3.8) is 0 Å². The highest BCUT2D eigenvalue weighted by molar-refractivity contribution is 5.96. The number of Topliss-reactive ketones (excluding diaryl/α,β-unsaturated/α-hetero) is 1. The molecule has 0 radical (unpaired) electrons. The van der Waals surface area contributed by atoms with E-state index in [4.69, 9.17) is 4.42 Å². The van der Waals surface area contributed by atoms with Gasteiger partial charge in [-0.25, -0.2) is 0 Å². The maximum absolute atomic E-state index is 11.5. The number of hydrogen-bond donors (Lipinski definition) is 1. The molecule has 1 rings (SSSR count). The van der Waals surface area contributed by atoms with Crippen molar-refractivity contribution in [2.75, 3.05) is 6.54 Å². The van der Waals surface area contributed by atoms with Gasteiger partial charge in [-0.1, -0.05) is 26.2 Å². The average Bonchev–Trinajstić information content (AvgIpc) is 2.85. The predicted octanol–water partition coefficient (Wildman–Crippen LogP) is 2.55. The van der Waals surface area contributed by atoms with Crippen LogP contribution in [0, 0.1) is 0 Å². The fourth-order valence-corrected chi connectivity index (χ4v) is 1.50. The smallest absolute Gasteiger partial charge is 0.220 e. The van der Waals surface area contributed by atoms with Crippen LogP contribution in [0.2, 0.25) is 0 Å². The van der Waals surface area contributed by atoms with E-state index in [0.29, 0.717) is 6.42 Å². The van der Waals surface area contributed by atoms with Crippen molar-refractivity contribution in [3.05, 3.63) is 24.2 Å². The van der Waals surface area contributed by atoms with Crippen LogP contribution in [0.3, 0.4) is 0 Å². The van der Waals surface area contributed by atoms with Gasteiger partial charge in [0.1, 0.15) is 0 Å². The summed E-state index contributed by atoms with van der Waals surface area (Å²) in [7, 11) is 0. The Morgan fingerprint density at radius 2 is 2.12 bits per heavy atom. The van der Waals surface area contributed by atoms with Crippen LogP contribution < -0.4 is 5.32 Å². The van der Waals surface area contributed by atoms with Crippen LogP contribution in [0.15, 0.2) is 22.8 Å². The molecule has 0 aliphatic rings. The van der Waals surface area contributed by atoms with E-state index in [-0.39, 0.29) is 24.0 Å². The highest BCUT2D eigenvalue weighted by atomic mass is 16.3. The quantitative estimate of drug-likeness (QED) is 0.558. The minimum absolute atomic E-state index is 0.0140. The van der Waals surface area contributed by atoms with E-state index < -0.39 is 0 Å². The third kappa shape index (κ3) is 5.33. The van der Waals surface area contributed by atoms with Crippen molar-refractivity contribution in [1.29, 1.82) is 0 Å². The normalized spacial score (nSPS) is 10.2. The summed E-state index contributed by atoms with van der Waals surface area (Å²) in [5, 5.41) is 2.60. The first-order valence-corrected chi connectivity index (χ1v) is 6.07. The number of furan rings is 1. The summed E-state index contributed by atoms with van der Waals surface area (Å²) in [6.07, 6.45) is 6.19. The van der Waals surface area contributed by atoms with Gasteiger partial charge >= 0.3 is 0 Å². The molecule has 0 fully saturated rings. The Morgan fingerprint density at radius 3 is 2.76 bits per heavy atom. The van der Waals surface area contributed by atoms with E-state index in [1.807, 2.05) is 0 Å². The molecular weight excluding hydrogens is 218 g/mol. The second-order valence-electron chi connectivity index (χ2n) is 3.99. The molecule has 17 heavy (non-hydrogen) atoms. The largest absolute Gasteiger partial charge is 0.461 e. The standard InChI is InChI=1S/C13H19NO3/c1-2-3-4-5-8-13(16)14-10-11(15)12-7-6-9-17-12/h6-7,9H,2-5,8,10H2,1H3,(H,14,16). The van der Waals surface area contributed by atoms with E-state index in [1.165, 1.54) is 6.26 Å². The van der Waals surface area contributed by atoms with Gasteiger partial charge in [0.25, 0.3) is 0 Å². The molecule has 0 unspecified atom stereocenters. The van der Waals surface area contributed by atoms with Crippen LogP contribution in [0.1, 0.15) is 49.6 Å². The van der Waals surface area contributed by atoms with Gasteiger partial charge in [0, 0.05) is 6.42 Å². The lowest BCUT2D eigenvalue weighted by molar-refractivity contribution is -0.121.